The van der Waals surface area contributed by atoms with Crippen molar-refractivity contribution in [3.05, 3.63) is 59.7 Å². The average molecular weight is 323 g/mol. The first-order valence-electron chi connectivity index (χ1n) is 8.24. The predicted molar refractivity (Wildman–Crippen MR) is 93.1 cm³/mol. The van der Waals surface area contributed by atoms with Gasteiger partial charge in [-0.3, -0.25) is 9.59 Å². The highest BCUT2D eigenvalue weighted by Crippen LogP contribution is 2.27. The van der Waals surface area contributed by atoms with Crippen LogP contribution in [0.3, 0.4) is 0 Å². The summed E-state index contributed by atoms with van der Waals surface area (Å²) >= 11 is 0. The van der Waals surface area contributed by atoms with E-state index in [1.807, 2.05) is 43.3 Å². The topological polar surface area (TPSA) is 46.6 Å². The molecule has 0 spiro atoms. The Labute approximate surface area is 142 Å². The van der Waals surface area contributed by atoms with Gasteiger partial charge in [0.1, 0.15) is 5.75 Å². The van der Waals surface area contributed by atoms with Gasteiger partial charge in [-0.05, 0) is 48.7 Å². The summed E-state index contributed by atoms with van der Waals surface area (Å²) in [4.78, 5) is 26.3. The van der Waals surface area contributed by atoms with Gasteiger partial charge in [0.15, 0.2) is 0 Å². The molecular weight excluding hydrogens is 302 g/mol. The van der Waals surface area contributed by atoms with Crippen LogP contribution in [0.5, 0.6) is 5.75 Å². The van der Waals surface area contributed by atoms with Gasteiger partial charge in [-0.1, -0.05) is 31.2 Å². The summed E-state index contributed by atoms with van der Waals surface area (Å²) < 4.78 is 5.44. The Morgan fingerprint density at radius 3 is 2.62 bits per heavy atom. The largest absolute Gasteiger partial charge is 0.426 e. The molecular formula is C20H21NO3. The number of ether oxygens (including phenoxy) is 1. The lowest BCUT2D eigenvalue weighted by Gasteiger charge is -2.17. The van der Waals surface area contributed by atoms with Crippen LogP contribution < -0.4 is 9.64 Å². The van der Waals surface area contributed by atoms with Gasteiger partial charge < -0.3 is 9.64 Å². The van der Waals surface area contributed by atoms with Crippen LogP contribution >= 0.6 is 0 Å². The molecule has 1 aliphatic heterocycles. The summed E-state index contributed by atoms with van der Waals surface area (Å²) in [5, 5.41) is 0. The third-order valence-corrected chi connectivity index (χ3v) is 4.32. The summed E-state index contributed by atoms with van der Waals surface area (Å²) in [6, 6.07) is 15.2. The van der Waals surface area contributed by atoms with Gasteiger partial charge in [-0.25, -0.2) is 0 Å². The van der Waals surface area contributed by atoms with Crippen molar-refractivity contribution in [1.29, 1.82) is 0 Å². The molecule has 24 heavy (non-hydrogen) atoms. The second-order valence-electron chi connectivity index (χ2n) is 6.16. The zero-order valence-electron chi connectivity index (χ0n) is 14.0. The number of carbonyl (C=O) groups is 2. The van der Waals surface area contributed by atoms with Crippen LogP contribution in [0, 0.1) is 12.8 Å². The van der Waals surface area contributed by atoms with Crippen LogP contribution in [-0.4, -0.2) is 18.4 Å². The number of anilines is 1. The first kappa shape index (κ1) is 16.2. The molecule has 2 aromatic rings. The first-order chi connectivity index (χ1) is 11.6. The molecule has 1 fully saturated rings. The molecule has 1 amide bonds. The molecule has 3 rings (SSSR count). The van der Waals surface area contributed by atoms with E-state index in [2.05, 4.69) is 6.92 Å². The lowest BCUT2D eigenvalue weighted by molar-refractivity contribution is -0.139. The van der Waals surface area contributed by atoms with Crippen LogP contribution in [-0.2, 0) is 16.0 Å². The molecule has 1 heterocycles. The van der Waals surface area contributed by atoms with E-state index in [0.717, 1.165) is 17.7 Å². The number of amides is 1. The fraction of sp³-hybridized carbons (Fsp3) is 0.300. The average Bonchev–Trinajstić information content (AvgIpc) is 2.97. The minimum atomic E-state index is -0.427. The van der Waals surface area contributed by atoms with Crippen molar-refractivity contribution >= 4 is 17.6 Å². The van der Waals surface area contributed by atoms with Crippen molar-refractivity contribution in [3.63, 3.8) is 0 Å². The van der Waals surface area contributed by atoms with Crippen molar-refractivity contribution in [3.8, 4) is 5.75 Å². The Balaban J connectivity index is 1.67. The molecule has 0 aromatic heterocycles. The van der Waals surface area contributed by atoms with Crippen LogP contribution in [0.1, 0.15) is 24.5 Å². The molecule has 1 saturated heterocycles. The molecule has 0 radical (unpaired) electrons. The number of hydrogen-bond donors (Lipinski definition) is 0. The third-order valence-electron chi connectivity index (χ3n) is 4.32. The zero-order valence-corrected chi connectivity index (χ0v) is 14.0. The van der Waals surface area contributed by atoms with E-state index in [-0.39, 0.29) is 18.3 Å². The van der Waals surface area contributed by atoms with Gasteiger partial charge in [-0.2, -0.15) is 0 Å². The highest BCUT2D eigenvalue weighted by Gasteiger charge is 2.36. The number of benzene rings is 2. The summed E-state index contributed by atoms with van der Waals surface area (Å²) in [6.45, 7) is 4.43. The summed E-state index contributed by atoms with van der Waals surface area (Å²) in [5.74, 6) is -0.283. The van der Waals surface area contributed by atoms with Gasteiger partial charge in [-0.15, -0.1) is 0 Å². The smallest absolute Gasteiger partial charge is 0.316 e. The van der Waals surface area contributed by atoms with Crippen molar-refractivity contribution in [2.45, 2.75) is 26.7 Å². The number of aryl methyl sites for hydroxylation is 2. The Kier molecular flexibility index (Phi) is 4.65. The highest BCUT2D eigenvalue weighted by atomic mass is 16.5. The van der Waals surface area contributed by atoms with Crippen molar-refractivity contribution in [2.24, 2.45) is 5.92 Å². The van der Waals surface area contributed by atoms with Crippen LogP contribution in [0.2, 0.25) is 0 Å². The molecule has 0 aliphatic carbocycles. The van der Waals surface area contributed by atoms with Crippen LogP contribution in [0.4, 0.5) is 5.69 Å². The van der Waals surface area contributed by atoms with Gasteiger partial charge in [0.25, 0.3) is 0 Å². The molecule has 124 valence electrons. The van der Waals surface area contributed by atoms with E-state index < -0.39 is 5.92 Å². The Morgan fingerprint density at radius 1 is 1.21 bits per heavy atom. The second kappa shape index (κ2) is 6.87. The standard InChI is InChI=1S/C20H21NO3/c1-3-15-7-9-18(10-8-15)24-20(23)16-12-19(22)21(13-16)17-6-4-5-14(2)11-17/h4-11,16H,3,12-13H2,1-2H3/t16-/m1/s1. The van der Waals surface area contributed by atoms with Gasteiger partial charge in [0.2, 0.25) is 5.91 Å². The van der Waals surface area contributed by atoms with Crippen molar-refractivity contribution in [2.75, 3.05) is 11.4 Å². The molecule has 0 saturated carbocycles. The quantitative estimate of drug-likeness (QED) is 0.639. The van der Waals surface area contributed by atoms with Crippen molar-refractivity contribution < 1.29 is 14.3 Å². The maximum absolute atomic E-state index is 12.4. The SMILES string of the molecule is CCc1ccc(OC(=O)[C@@H]2CC(=O)N(c3cccc(C)c3)C2)cc1. The van der Waals surface area contributed by atoms with Crippen molar-refractivity contribution in [1.82, 2.24) is 0 Å². The van der Waals surface area contributed by atoms with E-state index in [9.17, 15) is 9.59 Å². The first-order valence-corrected chi connectivity index (χ1v) is 8.24. The molecule has 2 aromatic carbocycles. The van der Waals surface area contributed by atoms with E-state index >= 15 is 0 Å². The Morgan fingerprint density at radius 2 is 1.96 bits per heavy atom. The van der Waals surface area contributed by atoms with E-state index in [1.165, 1.54) is 5.56 Å². The number of rotatable bonds is 4. The molecule has 4 nitrogen and oxygen atoms in total. The summed E-state index contributed by atoms with van der Waals surface area (Å²) in [6.07, 6.45) is 1.14. The molecule has 0 unspecified atom stereocenters. The maximum atomic E-state index is 12.4. The third kappa shape index (κ3) is 3.48. The van der Waals surface area contributed by atoms with Gasteiger partial charge in [0.05, 0.1) is 5.92 Å². The summed E-state index contributed by atoms with van der Waals surface area (Å²) in [5.41, 5.74) is 3.11. The molecule has 0 bridgehead atoms. The Bertz CT molecular complexity index is 752. The number of hydrogen-bond acceptors (Lipinski definition) is 3. The van der Waals surface area contributed by atoms with E-state index in [1.54, 1.807) is 17.0 Å². The van der Waals surface area contributed by atoms with E-state index in [0.29, 0.717) is 12.3 Å². The molecule has 1 aliphatic rings. The molecule has 4 heteroatoms. The van der Waals surface area contributed by atoms with Gasteiger partial charge in [0, 0.05) is 18.7 Å². The normalized spacial score (nSPS) is 17.2. The van der Waals surface area contributed by atoms with Crippen LogP contribution in [0.15, 0.2) is 48.5 Å². The number of carbonyl (C=O) groups excluding carboxylic acids is 2. The maximum Gasteiger partial charge on any atom is 0.316 e. The zero-order chi connectivity index (χ0) is 17.1. The fourth-order valence-electron chi connectivity index (χ4n) is 2.90. The molecule has 1 atom stereocenters. The van der Waals surface area contributed by atoms with Crippen LogP contribution in [0.25, 0.3) is 0 Å². The number of esters is 1. The molecule has 0 N–H and O–H groups in total. The Hall–Kier alpha value is -2.62. The minimum absolute atomic E-state index is 0.0381. The second-order valence-corrected chi connectivity index (χ2v) is 6.16. The predicted octanol–water partition coefficient (Wildman–Crippen LogP) is 3.52. The number of nitrogens with zero attached hydrogens (tertiary/aromatic N) is 1. The minimum Gasteiger partial charge on any atom is -0.426 e. The monoisotopic (exact) mass is 323 g/mol. The lowest BCUT2D eigenvalue weighted by atomic mass is 10.1. The fourth-order valence-corrected chi connectivity index (χ4v) is 2.90. The van der Waals surface area contributed by atoms with Gasteiger partial charge >= 0.3 is 5.97 Å². The van der Waals surface area contributed by atoms with E-state index in [4.69, 9.17) is 4.74 Å². The summed E-state index contributed by atoms with van der Waals surface area (Å²) in [7, 11) is 0. The lowest BCUT2D eigenvalue weighted by Crippen LogP contribution is -2.27. The highest BCUT2D eigenvalue weighted by molar-refractivity contribution is 5.99.